The lowest BCUT2D eigenvalue weighted by atomic mass is 10.0. The molecule has 2 fully saturated rings. The van der Waals surface area contributed by atoms with Crippen LogP contribution < -0.4 is 15.4 Å². The number of pyridine rings is 2. The van der Waals surface area contributed by atoms with E-state index in [1.807, 2.05) is 30.5 Å². The van der Waals surface area contributed by atoms with Crippen molar-refractivity contribution in [3.63, 3.8) is 0 Å². The minimum Gasteiger partial charge on any atom is -0.496 e. The van der Waals surface area contributed by atoms with Crippen molar-refractivity contribution in [1.29, 1.82) is 0 Å². The molecule has 0 spiro atoms. The molecule has 1 aliphatic heterocycles. The Morgan fingerprint density at radius 3 is 2.88 bits per heavy atom. The highest BCUT2D eigenvalue weighted by Gasteiger charge is 2.28. The van der Waals surface area contributed by atoms with Gasteiger partial charge in [-0.2, -0.15) is 0 Å². The molecule has 0 aromatic carbocycles. The van der Waals surface area contributed by atoms with Crippen LogP contribution in [0.25, 0.3) is 17.0 Å². The van der Waals surface area contributed by atoms with Crippen molar-refractivity contribution < 1.29 is 4.74 Å². The molecule has 2 atom stereocenters. The first-order valence-electron chi connectivity index (χ1n) is 9.25. The Hall–Kier alpha value is -2.60. The second-order valence-electron chi connectivity index (χ2n) is 7.30. The summed E-state index contributed by atoms with van der Waals surface area (Å²) in [5.41, 5.74) is 4.09. The molecular weight excluding hydrogens is 326 g/mol. The monoisotopic (exact) mass is 349 g/mol. The molecule has 4 heterocycles. The normalized spacial score (nSPS) is 22.2. The molecule has 2 unspecified atom stereocenters. The third-order valence-electron chi connectivity index (χ3n) is 5.48. The van der Waals surface area contributed by atoms with Crippen molar-refractivity contribution in [2.24, 2.45) is 0 Å². The van der Waals surface area contributed by atoms with E-state index in [-0.39, 0.29) is 0 Å². The van der Waals surface area contributed by atoms with E-state index in [0.29, 0.717) is 18.0 Å². The molecule has 0 bridgehead atoms. The highest BCUT2D eigenvalue weighted by atomic mass is 16.5. The van der Waals surface area contributed by atoms with Crippen LogP contribution >= 0.6 is 0 Å². The van der Waals surface area contributed by atoms with Crippen LogP contribution in [0.1, 0.15) is 31.2 Å². The molecule has 26 heavy (non-hydrogen) atoms. The summed E-state index contributed by atoms with van der Waals surface area (Å²) in [7, 11) is 1.73. The van der Waals surface area contributed by atoms with Crippen molar-refractivity contribution in [2.45, 2.75) is 37.8 Å². The number of methoxy groups -OCH3 is 1. The van der Waals surface area contributed by atoms with E-state index in [1.165, 1.54) is 18.4 Å². The fraction of sp³-hybridized carbons (Fsp3) is 0.400. The van der Waals surface area contributed by atoms with Crippen molar-refractivity contribution in [2.75, 3.05) is 19.0 Å². The second-order valence-corrected chi connectivity index (χ2v) is 7.30. The first kappa shape index (κ1) is 15.6. The van der Waals surface area contributed by atoms with Gasteiger partial charge >= 0.3 is 0 Å². The van der Waals surface area contributed by atoms with E-state index in [4.69, 9.17) is 9.72 Å². The number of nitrogens with one attached hydrogen (secondary N) is 2. The van der Waals surface area contributed by atoms with Gasteiger partial charge in [-0.3, -0.25) is 4.40 Å². The molecule has 6 heteroatoms. The lowest BCUT2D eigenvalue weighted by molar-refractivity contribution is 0.355. The maximum Gasteiger partial charge on any atom is 0.140 e. The topological polar surface area (TPSA) is 63.5 Å². The molecule has 1 saturated heterocycles. The summed E-state index contributed by atoms with van der Waals surface area (Å²) in [6.07, 6.45) is 6.54. The first-order valence-corrected chi connectivity index (χ1v) is 9.25. The molecule has 6 nitrogen and oxygen atoms in total. The molecule has 2 N–H and O–H groups in total. The molecule has 3 aromatic heterocycles. The van der Waals surface area contributed by atoms with E-state index in [9.17, 15) is 0 Å². The third-order valence-corrected chi connectivity index (χ3v) is 5.48. The van der Waals surface area contributed by atoms with E-state index in [0.717, 1.165) is 35.1 Å². The van der Waals surface area contributed by atoms with Crippen molar-refractivity contribution in [1.82, 2.24) is 19.7 Å². The summed E-state index contributed by atoms with van der Waals surface area (Å²) in [4.78, 5) is 9.39. The van der Waals surface area contributed by atoms with Gasteiger partial charge in [0.1, 0.15) is 17.2 Å². The molecule has 134 valence electrons. The summed E-state index contributed by atoms with van der Waals surface area (Å²) >= 11 is 0. The second kappa shape index (κ2) is 5.99. The molecule has 3 aromatic rings. The van der Waals surface area contributed by atoms with E-state index in [2.05, 4.69) is 33.1 Å². The van der Waals surface area contributed by atoms with Crippen molar-refractivity contribution >= 4 is 11.5 Å². The first-order chi connectivity index (χ1) is 12.7. The van der Waals surface area contributed by atoms with Crippen LogP contribution in [0, 0.1) is 0 Å². The Kier molecular flexibility index (Phi) is 3.60. The minimum atomic E-state index is 0.436. The molecule has 1 saturated carbocycles. The molecule has 1 aliphatic carbocycles. The highest BCUT2D eigenvalue weighted by molar-refractivity contribution is 5.64. The predicted molar refractivity (Wildman–Crippen MR) is 102 cm³/mol. The maximum absolute atomic E-state index is 5.58. The quantitative estimate of drug-likeness (QED) is 0.741. The number of anilines is 1. The Balaban J connectivity index is 1.53. The third kappa shape index (κ3) is 2.61. The van der Waals surface area contributed by atoms with Gasteiger partial charge in [-0.15, -0.1) is 0 Å². The predicted octanol–water partition coefficient (Wildman–Crippen LogP) is 3.05. The average molecular weight is 349 g/mol. The summed E-state index contributed by atoms with van der Waals surface area (Å²) in [5.74, 6) is 2.46. The van der Waals surface area contributed by atoms with Crippen LogP contribution in [0.4, 0.5) is 5.82 Å². The molecule has 0 amide bonds. The molecule has 0 radical (unpaired) electrons. The van der Waals surface area contributed by atoms with E-state index >= 15 is 0 Å². The zero-order chi connectivity index (χ0) is 17.7. The number of imidazole rings is 1. The fourth-order valence-corrected chi connectivity index (χ4v) is 3.58. The van der Waals surface area contributed by atoms with Crippen molar-refractivity contribution in [3.8, 4) is 17.1 Å². The van der Waals surface area contributed by atoms with Gasteiger partial charge in [-0.25, -0.2) is 9.97 Å². The van der Waals surface area contributed by atoms with Crippen LogP contribution in [0.15, 0.2) is 36.7 Å². The van der Waals surface area contributed by atoms with Crippen LogP contribution in [0.2, 0.25) is 0 Å². The zero-order valence-electron chi connectivity index (χ0n) is 15.1. The molecule has 5 rings (SSSR count). The van der Waals surface area contributed by atoms with Gasteiger partial charge in [-0.1, -0.05) is 6.07 Å². The lowest BCUT2D eigenvalue weighted by Gasteiger charge is -2.36. The minimum absolute atomic E-state index is 0.436. The summed E-state index contributed by atoms with van der Waals surface area (Å²) in [6.45, 7) is 3.16. The van der Waals surface area contributed by atoms with Gasteiger partial charge < -0.3 is 15.4 Å². The summed E-state index contributed by atoms with van der Waals surface area (Å²) in [6, 6.07) is 9.05. The maximum atomic E-state index is 5.58. The average Bonchev–Trinajstić information content (AvgIpc) is 3.43. The number of aromatic nitrogens is 3. The van der Waals surface area contributed by atoms with Gasteiger partial charge in [0.15, 0.2) is 0 Å². The number of nitrogens with zero attached hydrogens (tertiary/aromatic N) is 3. The lowest BCUT2D eigenvalue weighted by Crippen LogP contribution is -2.59. The van der Waals surface area contributed by atoms with Crippen LogP contribution in [-0.4, -0.2) is 40.1 Å². The van der Waals surface area contributed by atoms with Gasteiger partial charge in [0.05, 0.1) is 30.7 Å². The fourth-order valence-electron chi connectivity index (χ4n) is 3.58. The zero-order valence-corrected chi connectivity index (χ0v) is 15.1. The van der Waals surface area contributed by atoms with Gasteiger partial charge in [0, 0.05) is 30.4 Å². The Morgan fingerprint density at radius 1 is 1.31 bits per heavy atom. The van der Waals surface area contributed by atoms with Gasteiger partial charge in [0.2, 0.25) is 0 Å². The van der Waals surface area contributed by atoms with E-state index < -0.39 is 0 Å². The SMILES string of the molecule is COc1cc2ncc(-c3cccc(NC4CNC4C)n3)n2cc1C1CC1. The molecular formula is C20H23N5O. The largest absolute Gasteiger partial charge is 0.496 e. The van der Waals surface area contributed by atoms with E-state index in [1.54, 1.807) is 7.11 Å². The summed E-state index contributed by atoms with van der Waals surface area (Å²) in [5, 5.41) is 6.88. The highest BCUT2D eigenvalue weighted by Crippen LogP contribution is 2.44. The number of ether oxygens (including phenoxy) is 1. The Labute approximate surface area is 152 Å². The standard InChI is InChI=1S/C20H23N5O/c1-12-16(9-21-12)24-19-5-3-4-15(23-19)17-10-22-20-8-18(26-2)14(11-25(17)20)13-6-7-13/h3-5,8,10-13,16,21H,6-7,9H2,1-2H3,(H,23,24). The number of rotatable bonds is 5. The summed E-state index contributed by atoms with van der Waals surface area (Å²) < 4.78 is 7.71. The van der Waals surface area contributed by atoms with Crippen LogP contribution in [0.5, 0.6) is 5.75 Å². The number of hydrogen-bond acceptors (Lipinski definition) is 5. The molecule has 2 aliphatic rings. The van der Waals surface area contributed by atoms with Crippen molar-refractivity contribution in [3.05, 3.63) is 42.2 Å². The van der Waals surface area contributed by atoms with Crippen LogP contribution in [-0.2, 0) is 0 Å². The van der Waals surface area contributed by atoms with Gasteiger partial charge in [-0.05, 0) is 37.8 Å². The Morgan fingerprint density at radius 2 is 2.19 bits per heavy atom. The Bertz CT molecular complexity index is 962. The number of fused-ring (bicyclic) bond motifs is 1. The smallest absolute Gasteiger partial charge is 0.140 e. The number of hydrogen-bond donors (Lipinski definition) is 2. The van der Waals surface area contributed by atoms with Crippen LogP contribution in [0.3, 0.4) is 0 Å². The van der Waals surface area contributed by atoms with Gasteiger partial charge in [0.25, 0.3) is 0 Å².